The minimum absolute atomic E-state index is 0.0846. The molecule has 0 bridgehead atoms. The summed E-state index contributed by atoms with van der Waals surface area (Å²) in [4.78, 5) is 14.3. The lowest BCUT2D eigenvalue weighted by atomic mass is 10.1. The van der Waals surface area contributed by atoms with Gasteiger partial charge in [0.05, 0.1) is 43.9 Å². The van der Waals surface area contributed by atoms with Crippen molar-refractivity contribution in [3.05, 3.63) is 22.7 Å². The van der Waals surface area contributed by atoms with Crippen molar-refractivity contribution >= 4 is 17.5 Å². The highest BCUT2D eigenvalue weighted by Crippen LogP contribution is 2.38. The monoisotopic (exact) mass is 325 g/mol. The predicted molar refractivity (Wildman–Crippen MR) is 82.8 cm³/mol. The summed E-state index contributed by atoms with van der Waals surface area (Å²) in [6, 6.07) is 3.75. The van der Waals surface area contributed by atoms with Crippen LogP contribution in [0, 0.1) is 0 Å². The molecule has 1 atom stereocenters. The zero-order valence-corrected chi connectivity index (χ0v) is 13.4. The molecule has 3 rings (SSSR count). The van der Waals surface area contributed by atoms with Crippen LogP contribution in [0.25, 0.3) is 0 Å². The standard InChI is InChI=1S/C16H20ClNO4/c1-11-10-20-6-3-18(11)15(19)9-12-7-13(17)16-14(8-12)21-4-2-5-22-16/h7-8,11H,2-6,9-10H2,1H3. The fraction of sp³-hybridized carbons (Fsp3) is 0.562. The number of nitrogens with zero attached hydrogens (tertiary/aromatic N) is 1. The summed E-state index contributed by atoms with van der Waals surface area (Å²) in [6.07, 6.45) is 1.13. The largest absolute Gasteiger partial charge is 0.489 e. The third-order valence-corrected chi connectivity index (χ3v) is 4.19. The van der Waals surface area contributed by atoms with Crippen molar-refractivity contribution in [1.82, 2.24) is 4.90 Å². The number of fused-ring (bicyclic) bond motifs is 1. The van der Waals surface area contributed by atoms with Crippen LogP contribution in [0.1, 0.15) is 18.9 Å². The molecular weight excluding hydrogens is 306 g/mol. The molecular formula is C16H20ClNO4. The van der Waals surface area contributed by atoms with Gasteiger partial charge in [-0.05, 0) is 24.6 Å². The third kappa shape index (κ3) is 3.31. The van der Waals surface area contributed by atoms with Gasteiger partial charge in [0, 0.05) is 13.0 Å². The minimum Gasteiger partial charge on any atom is -0.489 e. The number of morpholine rings is 1. The predicted octanol–water partition coefficient (Wildman–Crippen LogP) is 2.29. The molecule has 5 nitrogen and oxygen atoms in total. The van der Waals surface area contributed by atoms with Crippen LogP contribution in [0.2, 0.25) is 5.02 Å². The molecule has 1 saturated heterocycles. The van der Waals surface area contributed by atoms with Gasteiger partial charge in [0.15, 0.2) is 11.5 Å². The molecule has 22 heavy (non-hydrogen) atoms. The fourth-order valence-electron chi connectivity index (χ4n) is 2.76. The number of carbonyl (C=O) groups is 1. The van der Waals surface area contributed by atoms with E-state index in [2.05, 4.69) is 0 Å². The van der Waals surface area contributed by atoms with Gasteiger partial charge in [0.25, 0.3) is 0 Å². The average Bonchev–Trinajstić information content (AvgIpc) is 2.73. The molecule has 0 aromatic heterocycles. The van der Waals surface area contributed by atoms with E-state index < -0.39 is 0 Å². The van der Waals surface area contributed by atoms with Crippen molar-refractivity contribution in [2.24, 2.45) is 0 Å². The molecule has 1 aromatic carbocycles. The lowest BCUT2D eigenvalue weighted by Crippen LogP contribution is -2.47. The molecule has 1 fully saturated rings. The summed E-state index contributed by atoms with van der Waals surface area (Å²) < 4.78 is 16.6. The van der Waals surface area contributed by atoms with E-state index in [-0.39, 0.29) is 11.9 Å². The van der Waals surface area contributed by atoms with Gasteiger partial charge >= 0.3 is 0 Å². The van der Waals surface area contributed by atoms with Crippen molar-refractivity contribution in [3.63, 3.8) is 0 Å². The van der Waals surface area contributed by atoms with E-state index in [1.165, 1.54) is 0 Å². The SMILES string of the molecule is CC1COCCN1C(=O)Cc1cc(Cl)c2c(c1)OCCCO2. The number of benzene rings is 1. The highest BCUT2D eigenvalue weighted by molar-refractivity contribution is 6.32. The molecule has 0 aliphatic carbocycles. The number of hydrogen-bond donors (Lipinski definition) is 0. The van der Waals surface area contributed by atoms with Crippen molar-refractivity contribution in [2.45, 2.75) is 25.8 Å². The van der Waals surface area contributed by atoms with Gasteiger partial charge in [-0.1, -0.05) is 11.6 Å². The average molecular weight is 326 g/mol. The second-order valence-electron chi connectivity index (χ2n) is 5.64. The van der Waals surface area contributed by atoms with Crippen LogP contribution in [0.4, 0.5) is 0 Å². The summed E-state index contributed by atoms with van der Waals surface area (Å²) >= 11 is 6.27. The maximum Gasteiger partial charge on any atom is 0.227 e. The Morgan fingerprint density at radius 1 is 1.32 bits per heavy atom. The molecule has 0 N–H and O–H groups in total. The quantitative estimate of drug-likeness (QED) is 0.837. The molecule has 120 valence electrons. The zero-order chi connectivity index (χ0) is 15.5. The van der Waals surface area contributed by atoms with Crippen LogP contribution in [-0.4, -0.2) is 49.8 Å². The summed E-state index contributed by atoms with van der Waals surface area (Å²) in [5.74, 6) is 1.29. The van der Waals surface area contributed by atoms with E-state index in [9.17, 15) is 4.79 Å². The van der Waals surface area contributed by atoms with Gasteiger partial charge in [-0.15, -0.1) is 0 Å². The maximum atomic E-state index is 12.5. The van der Waals surface area contributed by atoms with E-state index in [1.54, 1.807) is 6.07 Å². The Labute approximate surface area is 135 Å². The summed E-state index contributed by atoms with van der Waals surface area (Å²) in [5.41, 5.74) is 0.845. The Morgan fingerprint density at radius 3 is 2.95 bits per heavy atom. The lowest BCUT2D eigenvalue weighted by Gasteiger charge is -2.33. The van der Waals surface area contributed by atoms with E-state index in [0.29, 0.717) is 55.9 Å². The molecule has 2 aliphatic rings. The Morgan fingerprint density at radius 2 is 2.14 bits per heavy atom. The van der Waals surface area contributed by atoms with E-state index in [1.807, 2.05) is 17.9 Å². The number of rotatable bonds is 2. The first-order valence-corrected chi connectivity index (χ1v) is 7.98. The summed E-state index contributed by atoms with van der Waals surface area (Å²) in [6.45, 7) is 5.01. The first-order chi connectivity index (χ1) is 10.6. The Kier molecular flexibility index (Phi) is 4.74. The molecule has 6 heteroatoms. The van der Waals surface area contributed by atoms with Crippen LogP contribution in [0.15, 0.2) is 12.1 Å². The molecule has 1 amide bonds. The summed E-state index contributed by atoms with van der Waals surface area (Å²) in [7, 11) is 0. The Balaban J connectivity index is 1.76. The van der Waals surface area contributed by atoms with Gasteiger partial charge in [0.1, 0.15) is 0 Å². The van der Waals surface area contributed by atoms with Gasteiger partial charge in [0.2, 0.25) is 5.91 Å². The minimum atomic E-state index is 0.0846. The topological polar surface area (TPSA) is 48.0 Å². The van der Waals surface area contributed by atoms with Gasteiger partial charge in [-0.25, -0.2) is 0 Å². The molecule has 1 unspecified atom stereocenters. The van der Waals surface area contributed by atoms with Crippen molar-refractivity contribution in [3.8, 4) is 11.5 Å². The maximum absolute atomic E-state index is 12.5. The van der Waals surface area contributed by atoms with Crippen LogP contribution < -0.4 is 9.47 Å². The number of carbonyl (C=O) groups excluding carboxylic acids is 1. The molecule has 2 aliphatic heterocycles. The van der Waals surface area contributed by atoms with Crippen LogP contribution >= 0.6 is 11.6 Å². The molecule has 0 spiro atoms. The number of halogens is 1. The molecule has 2 heterocycles. The number of hydrogen-bond acceptors (Lipinski definition) is 4. The van der Waals surface area contributed by atoms with Crippen molar-refractivity contribution < 1.29 is 19.0 Å². The van der Waals surface area contributed by atoms with Gasteiger partial charge in [-0.3, -0.25) is 4.79 Å². The molecule has 1 aromatic rings. The normalized spacial score (nSPS) is 21.4. The Bertz CT molecular complexity index is 563. The van der Waals surface area contributed by atoms with Crippen LogP contribution in [0.5, 0.6) is 11.5 Å². The smallest absolute Gasteiger partial charge is 0.227 e. The molecule has 0 radical (unpaired) electrons. The third-order valence-electron chi connectivity index (χ3n) is 3.91. The van der Waals surface area contributed by atoms with E-state index >= 15 is 0 Å². The second kappa shape index (κ2) is 6.75. The van der Waals surface area contributed by atoms with Gasteiger partial charge < -0.3 is 19.1 Å². The lowest BCUT2D eigenvalue weighted by molar-refractivity contribution is -0.138. The highest BCUT2D eigenvalue weighted by Gasteiger charge is 2.24. The van der Waals surface area contributed by atoms with Crippen LogP contribution in [0.3, 0.4) is 0 Å². The zero-order valence-electron chi connectivity index (χ0n) is 12.6. The summed E-state index contributed by atoms with van der Waals surface area (Å²) in [5, 5.41) is 0.497. The number of amides is 1. The van der Waals surface area contributed by atoms with Crippen molar-refractivity contribution in [1.29, 1.82) is 0 Å². The van der Waals surface area contributed by atoms with E-state index in [4.69, 9.17) is 25.8 Å². The first kappa shape index (κ1) is 15.4. The van der Waals surface area contributed by atoms with Gasteiger partial charge in [-0.2, -0.15) is 0 Å². The van der Waals surface area contributed by atoms with Crippen molar-refractivity contribution in [2.75, 3.05) is 33.0 Å². The highest BCUT2D eigenvalue weighted by atomic mass is 35.5. The molecule has 0 saturated carbocycles. The van der Waals surface area contributed by atoms with Crippen LogP contribution in [-0.2, 0) is 16.0 Å². The van der Waals surface area contributed by atoms with E-state index in [0.717, 1.165) is 12.0 Å². The first-order valence-electron chi connectivity index (χ1n) is 7.60. The Hall–Kier alpha value is -1.46. The fourth-order valence-corrected chi connectivity index (χ4v) is 3.05. The number of ether oxygens (including phenoxy) is 3. The second-order valence-corrected chi connectivity index (χ2v) is 6.05.